The summed E-state index contributed by atoms with van der Waals surface area (Å²) in [5, 5.41) is 14.7. The molecule has 2 fully saturated rings. The molecule has 3 aromatic heterocycles. The Labute approximate surface area is 228 Å². The third-order valence-electron chi connectivity index (χ3n) is 7.58. The Morgan fingerprint density at radius 1 is 1.36 bits per heavy atom. The molecule has 3 atom stereocenters. The van der Waals surface area contributed by atoms with E-state index in [4.69, 9.17) is 4.74 Å². The summed E-state index contributed by atoms with van der Waals surface area (Å²) in [4.78, 5) is 14.5. The molecular weight excluding hydrogens is 531 g/mol. The van der Waals surface area contributed by atoms with Gasteiger partial charge >= 0.3 is 5.51 Å². The summed E-state index contributed by atoms with van der Waals surface area (Å²) in [6.45, 7) is 5.59. The zero-order valence-corrected chi connectivity index (χ0v) is 22.7. The summed E-state index contributed by atoms with van der Waals surface area (Å²) in [7, 11) is 3.39. The number of anilines is 1. The van der Waals surface area contributed by atoms with E-state index in [1.807, 2.05) is 6.07 Å². The Morgan fingerprint density at radius 2 is 2.18 bits per heavy atom. The second-order valence-corrected chi connectivity index (χ2v) is 11.0. The molecular formula is C26H30F3N7O2S. The number of fused-ring (bicyclic) bond motifs is 2. The van der Waals surface area contributed by atoms with Crippen molar-refractivity contribution in [1.82, 2.24) is 29.6 Å². The number of alkyl halides is 3. The maximum atomic E-state index is 13.5. The standard InChI is InChI=1S/C26H30F3N7O2S/c1-17-19-16-35(12-13-38-3)11-9-25(17,19)32-22-8-4-7-21-23(39-26(27,28)29)20(33-36(21)22)6-5-10-30-24(37)18-14-31-34(2)15-18/h4,7-8,14-15,17,19,32H,9-13,16H2,1-3H3,(H,30,37). The number of carbonyl (C=O) groups excluding carboxylic acids is 1. The lowest BCUT2D eigenvalue weighted by Gasteiger charge is -2.32. The highest BCUT2D eigenvalue weighted by atomic mass is 32.2. The van der Waals surface area contributed by atoms with Crippen molar-refractivity contribution in [1.29, 1.82) is 0 Å². The molecule has 1 aliphatic heterocycles. The third kappa shape index (κ3) is 5.73. The minimum Gasteiger partial charge on any atom is -0.383 e. The molecule has 0 spiro atoms. The summed E-state index contributed by atoms with van der Waals surface area (Å²) in [6.07, 6.45) is 3.91. The molecule has 2 N–H and O–H groups in total. The predicted octanol–water partition coefficient (Wildman–Crippen LogP) is 3.23. The number of carbonyl (C=O) groups is 1. The maximum absolute atomic E-state index is 13.5. The number of aromatic nitrogens is 4. The second-order valence-electron chi connectivity index (χ2n) is 9.92. The molecule has 9 nitrogen and oxygen atoms in total. The van der Waals surface area contributed by atoms with Gasteiger partial charge in [0.15, 0.2) is 0 Å². The van der Waals surface area contributed by atoms with Crippen LogP contribution in [0.25, 0.3) is 5.52 Å². The quantitative estimate of drug-likeness (QED) is 0.323. The average molecular weight is 562 g/mol. The molecule has 13 heteroatoms. The van der Waals surface area contributed by atoms with Gasteiger partial charge < -0.3 is 20.3 Å². The lowest BCUT2D eigenvalue weighted by Crippen LogP contribution is -2.42. The first-order valence-electron chi connectivity index (χ1n) is 12.6. The molecule has 0 aromatic carbocycles. The number of rotatable bonds is 8. The first kappa shape index (κ1) is 27.4. The normalized spacial score (nSPS) is 22.7. The fourth-order valence-corrected chi connectivity index (χ4v) is 6.12. The highest BCUT2D eigenvalue weighted by Crippen LogP contribution is 2.57. The smallest absolute Gasteiger partial charge is 0.383 e. The van der Waals surface area contributed by atoms with Gasteiger partial charge in [-0.15, -0.1) is 0 Å². The minimum absolute atomic E-state index is 0.00878. The van der Waals surface area contributed by atoms with E-state index in [1.165, 1.54) is 15.4 Å². The monoisotopic (exact) mass is 561 g/mol. The van der Waals surface area contributed by atoms with Gasteiger partial charge in [0.25, 0.3) is 5.91 Å². The van der Waals surface area contributed by atoms with Crippen molar-refractivity contribution in [2.75, 3.05) is 45.2 Å². The number of halogens is 3. The van der Waals surface area contributed by atoms with E-state index in [1.54, 1.807) is 32.5 Å². The molecule has 3 unspecified atom stereocenters. The lowest BCUT2D eigenvalue weighted by molar-refractivity contribution is -0.0327. The van der Waals surface area contributed by atoms with E-state index in [2.05, 4.69) is 44.5 Å². The topological polar surface area (TPSA) is 88.7 Å². The first-order valence-corrected chi connectivity index (χ1v) is 13.5. The van der Waals surface area contributed by atoms with Crippen LogP contribution >= 0.6 is 11.8 Å². The average Bonchev–Trinajstić information content (AvgIpc) is 3.17. The number of piperidine rings is 1. The Hall–Kier alpha value is -3.21. The fourth-order valence-electron chi connectivity index (χ4n) is 5.44. The van der Waals surface area contributed by atoms with Crippen LogP contribution in [0.2, 0.25) is 0 Å². The number of pyridine rings is 1. The van der Waals surface area contributed by atoms with Crippen molar-refractivity contribution in [2.24, 2.45) is 18.9 Å². The number of ether oxygens (including phenoxy) is 1. The second kappa shape index (κ2) is 10.7. The Balaban J connectivity index is 1.37. The van der Waals surface area contributed by atoms with Crippen LogP contribution in [-0.4, -0.2) is 81.1 Å². The van der Waals surface area contributed by atoms with Crippen molar-refractivity contribution >= 4 is 29.0 Å². The molecule has 4 heterocycles. The molecule has 1 saturated carbocycles. The van der Waals surface area contributed by atoms with Crippen LogP contribution in [-0.2, 0) is 11.8 Å². The molecule has 5 rings (SSSR count). The molecule has 1 saturated heterocycles. The highest BCUT2D eigenvalue weighted by molar-refractivity contribution is 8.00. The molecule has 3 aromatic rings. The molecule has 2 aliphatic rings. The van der Waals surface area contributed by atoms with Crippen LogP contribution in [0.1, 0.15) is 29.4 Å². The maximum Gasteiger partial charge on any atom is 0.446 e. The van der Waals surface area contributed by atoms with Crippen LogP contribution in [0.15, 0.2) is 35.5 Å². The number of aryl methyl sites for hydroxylation is 1. The zero-order valence-electron chi connectivity index (χ0n) is 21.9. The van der Waals surface area contributed by atoms with Crippen LogP contribution in [0.4, 0.5) is 19.0 Å². The molecule has 39 heavy (non-hydrogen) atoms. The van der Waals surface area contributed by atoms with Crippen LogP contribution in [0, 0.1) is 23.7 Å². The van der Waals surface area contributed by atoms with Crippen LogP contribution in [0.3, 0.4) is 0 Å². The number of nitrogens with one attached hydrogen (secondary N) is 2. The van der Waals surface area contributed by atoms with Gasteiger partial charge in [0.05, 0.1) is 35.3 Å². The van der Waals surface area contributed by atoms with Gasteiger partial charge in [-0.3, -0.25) is 9.48 Å². The Morgan fingerprint density at radius 3 is 2.87 bits per heavy atom. The van der Waals surface area contributed by atoms with Gasteiger partial charge in [0, 0.05) is 45.5 Å². The van der Waals surface area contributed by atoms with E-state index in [0.717, 1.165) is 26.1 Å². The van der Waals surface area contributed by atoms with Crippen LogP contribution < -0.4 is 10.6 Å². The van der Waals surface area contributed by atoms with Crippen molar-refractivity contribution in [3.8, 4) is 11.8 Å². The third-order valence-corrected chi connectivity index (χ3v) is 8.42. The van der Waals surface area contributed by atoms with Crippen molar-refractivity contribution in [2.45, 2.75) is 29.3 Å². The molecule has 1 aliphatic carbocycles. The predicted molar refractivity (Wildman–Crippen MR) is 141 cm³/mol. The van der Waals surface area contributed by atoms with Gasteiger partial charge in [-0.2, -0.15) is 23.4 Å². The van der Waals surface area contributed by atoms with Gasteiger partial charge in [-0.05, 0) is 48.1 Å². The van der Waals surface area contributed by atoms with Gasteiger partial charge in [-0.25, -0.2) is 4.52 Å². The van der Waals surface area contributed by atoms with E-state index < -0.39 is 5.51 Å². The number of likely N-dealkylation sites (tertiary alicyclic amines) is 1. The summed E-state index contributed by atoms with van der Waals surface area (Å²) in [6, 6.07) is 5.18. The summed E-state index contributed by atoms with van der Waals surface area (Å²) in [5.41, 5.74) is -3.93. The van der Waals surface area contributed by atoms with Crippen molar-refractivity contribution in [3.05, 3.63) is 41.9 Å². The van der Waals surface area contributed by atoms with Crippen molar-refractivity contribution in [3.63, 3.8) is 0 Å². The van der Waals surface area contributed by atoms with Crippen LogP contribution in [0.5, 0.6) is 0 Å². The van der Waals surface area contributed by atoms with Gasteiger partial charge in [0.1, 0.15) is 11.5 Å². The summed E-state index contributed by atoms with van der Waals surface area (Å²) >= 11 is -0.230. The van der Waals surface area contributed by atoms with E-state index in [-0.39, 0.29) is 40.3 Å². The minimum atomic E-state index is -4.51. The number of methoxy groups -OCH3 is 1. The van der Waals surface area contributed by atoms with E-state index in [0.29, 0.717) is 35.3 Å². The fraction of sp³-hybridized carbons (Fsp3) is 0.500. The molecule has 208 valence electrons. The lowest BCUT2D eigenvalue weighted by atomic mass is 10.0. The number of thioether (sulfide) groups is 1. The zero-order chi connectivity index (χ0) is 27.8. The van der Waals surface area contributed by atoms with Gasteiger partial charge in [-0.1, -0.05) is 18.9 Å². The summed E-state index contributed by atoms with van der Waals surface area (Å²) in [5.74, 6) is 6.59. The SMILES string of the molecule is COCCN1CCC2(Nc3cccc4c(SC(F)(F)F)c(C#CCNC(=O)c5cnn(C)c5)nn34)C(C)C2C1. The van der Waals surface area contributed by atoms with Crippen molar-refractivity contribution < 1.29 is 22.7 Å². The number of hydrogen-bond acceptors (Lipinski definition) is 7. The molecule has 0 radical (unpaired) electrons. The largest absolute Gasteiger partial charge is 0.446 e. The Kier molecular flexibility index (Phi) is 7.54. The highest BCUT2D eigenvalue weighted by Gasteiger charge is 2.63. The molecule has 1 amide bonds. The number of amides is 1. The van der Waals surface area contributed by atoms with E-state index in [9.17, 15) is 18.0 Å². The molecule has 0 bridgehead atoms. The number of nitrogens with zero attached hydrogens (tertiary/aromatic N) is 5. The van der Waals surface area contributed by atoms with Gasteiger partial charge in [0.2, 0.25) is 0 Å². The van der Waals surface area contributed by atoms with E-state index >= 15 is 0 Å². The summed E-state index contributed by atoms with van der Waals surface area (Å²) < 4.78 is 48.8. The number of hydrogen-bond donors (Lipinski definition) is 2. The Bertz CT molecular complexity index is 1430. The first-order chi connectivity index (χ1) is 18.6.